The highest BCUT2D eigenvalue weighted by atomic mass is 16.5. The highest BCUT2D eigenvalue weighted by Crippen LogP contribution is 2.13. The molecule has 2 N–H and O–H groups in total. The molecular formula is C24H31N3O5. The second-order valence-electron chi connectivity index (χ2n) is 7.58. The van der Waals surface area contributed by atoms with Gasteiger partial charge in [-0.15, -0.1) is 0 Å². The van der Waals surface area contributed by atoms with Crippen LogP contribution in [0.2, 0.25) is 0 Å². The lowest BCUT2D eigenvalue weighted by Crippen LogP contribution is -2.39. The monoisotopic (exact) mass is 441 g/mol. The summed E-state index contributed by atoms with van der Waals surface area (Å²) in [6.07, 6.45) is 0. The quantitative estimate of drug-likeness (QED) is 0.552. The van der Waals surface area contributed by atoms with E-state index in [0.717, 1.165) is 16.9 Å². The predicted octanol–water partition coefficient (Wildman–Crippen LogP) is 3.11. The number of benzene rings is 2. The molecule has 0 spiro atoms. The number of carbonyl (C=O) groups is 3. The Balaban J connectivity index is 1.78. The van der Waals surface area contributed by atoms with Crippen LogP contribution < -0.4 is 15.4 Å². The van der Waals surface area contributed by atoms with E-state index in [1.807, 2.05) is 45.0 Å². The minimum atomic E-state index is -0.579. The van der Waals surface area contributed by atoms with Crippen molar-refractivity contribution in [1.29, 1.82) is 0 Å². The lowest BCUT2D eigenvalue weighted by Gasteiger charge is -2.17. The van der Waals surface area contributed by atoms with E-state index in [1.54, 1.807) is 31.3 Å². The van der Waals surface area contributed by atoms with E-state index in [1.165, 1.54) is 4.90 Å². The molecule has 0 aliphatic carbocycles. The fourth-order valence-corrected chi connectivity index (χ4v) is 2.79. The van der Waals surface area contributed by atoms with Crippen molar-refractivity contribution in [3.63, 3.8) is 0 Å². The first kappa shape index (κ1) is 24.7. The normalized spacial score (nSPS) is 10.4. The maximum absolute atomic E-state index is 12.3. The summed E-state index contributed by atoms with van der Waals surface area (Å²) in [6, 6.07) is 14.0. The van der Waals surface area contributed by atoms with Gasteiger partial charge in [-0.2, -0.15) is 0 Å². The van der Waals surface area contributed by atoms with Crippen LogP contribution in [0.4, 0.5) is 4.79 Å². The molecule has 0 radical (unpaired) electrons. The Bertz CT molecular complexity index is 895. The summed E-state index contributed by atoms with van der Waals surface area (Å²) in [5.41, 5.74) is 2.12. The number of ether oxygens (including phenoxy) is 2. The molecule has 0 aromatic heterocycles. The summed E-state index contributed by atoms with van der Waals surface area (Å²) in [5, 5.41) is 5.47. The van der Waals surface area contributed by atoms with Crippen molar-refractivity contribution < 1.29 is 23.9 Å². The van der Waals surface area contributed by atoms with E-state index in [9.17, 15) is 14.4 Å². The van der Waals surface area contributed by atoms with E-state index in [-0.39, 0.29) is 24.6 Å². The number of hydrogen-bond donors (Lipinski definition) is 2. The highest BCUT2D eigenvalue weighted by Gasteiger charge is 2.14. The first-order chi connectivity index (χ1) is 15.3. The minimum Gasteiger partial charge on any atom is -0.494 e. The van der Waals surface area contributed by atoms with Crippen molar-refractivity contribution in [1.82, 2.24) is 15.5 Å². The van der Waals surface area contributed by atoms with Gasteiger partial charge in [0.05, 0.1) is 12.2 Å². The van der Waals surface area contributed by atoms with Gasteiger partial charge in [0.2, 0.25) is 0 Å². The molecule has 8 nitrogen and oxygen atoms in total. The average molecular weight is 442 g/mol. The molecule has 2 rings (SSSR count). The van der Waals surface area contributed by atoms with Crippen molar-refractivity contribution in [2.45, 2.75) is 39.9 Å². The largest absolute Gasteiger partial charge is 0.494 e. The Morgan fingerprint density at radius 1 is 0.969 bits per heavy atom. The summed E-state index contributed by atoms with van der Waals surface area (Å²) >= 11 is 0. The van der Waals surface area contributed by atoms with Crippen LogP contribution in [0.25, 0.3) is 0 Å². The van der Waals surface area contributed by atoms with Crippen molar-refractivity contribution in [2.75, 3.05) is 20.3 Å². The van der Waals surface area contributed by atoms with Gasteiger partial charge in [-0.25, -0.2) is 9.59 Å². The number of rotatable bonds is 10. The second kappa shape index (κ2) is 12.3. The first-order valence-corrected chi connectivity index (χ1v) is 10.5. The zero-order chi connectivity index (χ0) is 23.5. The molecule has 0 fully saturated rings. The van der Waals surface area contributed by atoms with Crippen LogP contribution in [0.3, 0.4) is 0 Å². The van der Waals surface area contributed by atoms with Crippen LogP contribution in [0.1, 0.15) is 42.3 Å². The van der Waals surface area contributed by atoms with Crippen molar-refractivity contribution in [3.05, 3.63) is 65.2 Å². The van der Waals surface area contributed by atoms with E-state index in [4.69, 9.17) is 9.47 Å². The molecule has 0 bridgehead atoms. The van der Waals surface area contributed by atoms with Crippen molar-refractivity contribution in [2.24, 2.45) is 0 Å². The van der Waals surface area contributed by atoms with Crippen LogP contribution in [0, 0.1) is 0 Å². The number of urea groups is 1. The van der Waals surface area contributed by atoms with E-state index in [2.05, 4.69) is 10.6 Å². The van der Waals surface area contributed by atoms with Crippen LogP contribution in [0.15, 0.2) is 48.5 Å². The SMILES string of the molecule is CCOc1ccc(CN(C)C(=O)COC(=O)c2ccc(CNC(=O)NC(C)C)cc2)cc1. The first-order valence-electron chi connectivity index (χ1n) is 10.5. The fraction of sp³-hybridized carbons (Fsp3) is 0.375. The zero-order valence-electron chi connectivity index (χ0n) is 19.0. The molecule has 0 saturated carbocycles. The molecule has 3 amide bonds. The third kappa shape index (κ3) is 8.29. The molecule has 2 aromatic rings. The summed E-state index contributed by atoms with van der Waals surface area (Å²) in [7, 11) is 1.66. The lowest BCUT2D eigenvalue weighted by molar-refractivity contribution is -0.133. The van der Waals surface area contributed by atoms with Gasteiger partial charge >= 0.3 is 12.0 Å². The summed E-state index contributed by atoms with van der Waals surface area (Å²) in [6.45, 7) is 6.66. The van der Waals surface area contributed by atoms with Crippen LogP contribution in [-0.4, -0.2) is 49.1 Å². The van der Waals surface area contributed by atoms with Gasteiger partial charge in [-0.3, -0.25) is 4.79 Å². The Hall–Kier alpha value is -3.55. The van der Waals surface area contributed by atoms with Crippen LogP contribution in [0.5, 0.6) is 5.75 Å². The van der Waals surface area contributed by atoms with Gasteiger partial charge in [0.1, 0.15) is 5.75 Å². The average Bonchev–Trinajstić information content (AvgIpc) is 2.77. The minimum absolute atomic E-state index is 0.0508. The summed E-state index contributed by atoms with van der Waals surface area (Å²) < 4.78 is 10.6. The Labute approximate surface area is 188 Å². The van der Waals surface area contributed by atoms with Gasteiger partial charge < -0.3 is 25.0 Å². The Kier molecular flexibility index (Phi) is 9.53. The summed E-state index contributed by atoms with van der Waals surface area (Å²) in [4.78, 5) is 37.7. The number of carbonyl (C=O) groups excluding carboxylic acids is 3. The number of likely N-dealkylation sites (N-methyl/N-ethyl adjacent to an activating group) is 1. The molecule has 2 aromatic carbocycles. The van der Waals surface area contributed by atoms with Gasteiger partial charge in [0, 0.05) is 26.2 Å². The Morgan fingerprint density at radius 2 is 1.59 bits per heavy atom. The number of esters is 1. The Morgan fingerprint density at radius 3 is 2.19 bits per heavy atom. The molecule has 0 aliphatic rings. The molecule has 0 heterocycles. The highest BCUT2D eigenvalue weighted by molar-refractivity contribution is 5.91. The molecule has 172 valence electrons. The lowest BCUT2D eigenvalue weighted by atomic mass is 10.1. The van der Waals surface area contributed by atoms with Crippen LogP contribution >= 0.6 is 0 Å². The maximum Gasteiger partial charge on any atom is 0.338 e. The second-order valence-corrected chi connectivity index (χ2v) is 7.58. The van der Waals surface area contributed by atoms with Crippen LogP contribution in [-0.2, 0) is 22.6 Å². The zero-order valence-corrected chi connectivity index (χ0v) is 19.0. The molecule has 0 saturated heterocycles. The van der Waals surface area contributed by atoms with Gasteiger partial charge in [-0.05, 0) is 56.2 Å². The van der Waals surface area contributed by atoms with Gasteiger partial charge in [0.15, 0.2) is 6.61 Å². The number of nitrogens with one attached hydrogen (secondary N) is 2. The van der Waals surface area contributed by atoms with E-state index < -0.39 is 5.97 Å². The molecule has 8 heteroatoms. The molecule has 32 heavy (non-hydrogen) atoms. The molecule has 0 unspecified atom stereocenters. The molecule has 0 aliphatic heterocycles. The fourth-order valence-electron chi connectivity index (χ4n) is 2.79. The number of nitrogens with zero attached hydrogens (tertiary/aromatic N) is 1. The maximum atomic E-state index is 12.3. The summed E-state index contributed by atoms with van der Waals surface area (Å²) in [5.74, 6) is -0.103. The van der Waals surface area contributed by atoms with Gasteiger partial charge in [0.25, 0.3) is 5.91 Å². The van der Waals surface area contributed by atoms with E-state index in [0.29, 0.717) is 25.3 Å². The number of amides is 3. The standard InChI is InChI=1S/C24H31N3O5/c1-5-31-21-12-8-19(9-13-21)15-27(4)22(28)16-32-23(29)20-10-6-18(7-11-20)14-25-24(30)26-17(2)3/h6-13,17H,5,14-16H2,1-4H3,(H2,25,26,30). The van der Waals surface area contributed by atoms with Gasteiger partial charge in [-0.1, -0.05) is 24.3 Å². The topological polar surface area (TPSA) is 97.0 Å². The molecular weight excluding hydrogens is 410 g/mol. The van der Waals surface area contributed by atoms with Crippen molar-refractivity contribution in [3.8, 4) is 5.75 Å². The third-order valence-corrected chi connectivity index (χ3v) is 4.47. The smallest absolute Gasteiger partial charge is 0.338 e. The predicted molar refractivity (Wildman–Crippen MR) is 121 cm³/mol. The van der Waals surface area contributed by atoms with Crippen molar-refractivity contribution >= 4 is 17.9 Å². The third-order valence-electron chi connectivity index (χ3n) is 4.47. The van der Waals surface area contributed by atoms with E-state index >= 15 is 0 Å². The molecule has 0 atom stereocenters. The number of hydrogen-bond acceptors (Lipinski definition) is 5.